The monoisotopic (exact) mass is 277 g/mol. The molecule has 2 heterocycles. The van der Waals surface area contributed by atoms with Crippen LogP contribution in [0.5, 0.6) is 0 Å². The minimum Gasteiger partial charge on any atom is -0.309 e. The number of nitrogens with one attached hydrogen (secondary N) is 1. The summed E-state index contributed by atoms with van der Waals surface area (Å²) in [6, 6.07) is 13.9. The van der Waals surface area contributed by atoms with E-state index in [1.54, 1.807) is 18.5 Å². The maximum atomic E-state index is 11.9. The van der Waals surface area contributed by atoms with Gasteiger partial charge in [-0.3, -0.25) is 9.78 Å². The van der Waals surface area contributed by atoms with Crippen LogP contribution in [0.25, 0.3) is 6.08 Å². The zero-order valence-electron chi connectivity index (χ0n) is 11.5. The lowest BCUT2D eigenvalue weighted by atomic mass is 10.1. The predicted octanol–water partition coefficient (Wildman–Crippen LogP) is 2.58. The summed E-state index contributed by atoms with van der Waals surface area (Å²) in [6.45, 7) is 0. The number of benzene rings is 1. The zero-order chi connectivity index (χ0) is 14.5. The highest BCUT2D eigenvalue weighted by Gasteiger charge is 2.19. The second kappa shape index (κ2) is 6.13. The van der Waals surface area contributed by atoms with Gasteiger partial charge >= 0.3 is 0 Å². The topological polar surface area (TPSA) is 54.4 Å². The van der Waals surface area contributed by atoms with Crippen molar-refractivity contribution in [1.82, 2.24) is 10.3 Å². The number of aliphatic imine (C=N–C) groups is 1. The summed E-state index contributed by atoms with van der Waals surface area (Å²) < 4.78 is 0. The Kier molecular flexibility index (Phi) is 3.87. The normalized spacial score (nSPS) is 15.9. The first-order valence-corrected chi connectivity index (χ1v) is 6.86. The SMILES string of the molecule is O=C1NC(CCc2ccccc2)=N/C1=C/c1ccncc1. The van der Waals surface area contributed by atoms with E-state index in [2.05, 4.69) is 27.4 Å². The molecule has 0 unspecified atom stereocenters. The lowest BCUT2D eigenvalue weighted by molar-refractivity contribution is -0.115. The first-order chi connectivity index (χ1) is 10.3. The molecule has 104 valence electrons. The number of pyridine rings is 1. The van der Waals surface area contributed by atoms with Crippen LogP contribution in [0.2, 0.25) is 0 Å². The molecule has 0 atom stereocenters. The van der Waals surface area contributed by atoms with Gasteiger partial charge in [0.15, 0.2) is 0 Å². The van der Waals surface area contributed by atoms with Gasteiger partial charge < -0.3 is 5.32 Å². The van der Waals surface area contributed by atoms with Gasteiger partial charge in [-0.05, 0) is 35.8 Å². The van der Waals surface area contributed by atoms with Crippen molar-refractivity contribution >= 4 is 17.8 Å². The van der Waals surface area contributed by atoms with Gasteiger partial charge in [0, 0.05) is 18.8 Å². The van der Waals surface area contributed by atoms with Crippen molar-refractivity contribution in [2.75, 3.05) is 0 Å². The Morgan fingerprint density at radius 2 is 1.76 bits per heavy atom. The molecule has 0 bridgehead atoms. The summed E-state index contributed by atoms with van der Waals surface area (Å²) in [5.74, 6) is 0.582. The van der Waals surface area contributed by atoms with Crippen molar-refractivity contribution in [3.05, 3.63) is 71.7 Å². The van der Waals surface area contributed by atoms with Crippen LogP contribution in [0.1, 0.15) is 17.5 Å². The number of aromatic nitrogens is 1. The molecular weight excluding hydrogens is 262 g/mol. The average Bonchev–Trinajstić information content (AvgIpc) is 2.87. The summed E-state index contributed by atoms with van der Waals surface area (Å²) in [6.07, 6.45) is 6.75. The molecule has 0 aliphatic carbocycles. The summed E-state index contributed by atoms with van der Waals surface area (Å²) in [5.41, 5.74) is 2.61. The molecule has 21 heavy (non-hydrogen) atoms. The van der Waals surface area contributed by atoms with Gasteiger partial charge in [-0.2, -0.15) is 0 Å². The first-order valence-electron chi connectivity index (χ1n) is 6.86. The third kappa shape index (κ3) is 3.42. The lowest BCUT2D eigenvalue weighted by Gasteiger charge is -2.00. The summed E-state index contributed by atoms with van der Waals surface area (Å²) in [7, 11) is 0. The first kappa shape index (κ1) is 13.2. The predicted molar refractivity (Wildman–Crippen MR) is 82.6 cm³/mol. The van der Waals surface area contributed by atoms with E-state index in [1.807, 2.05) is 30.3 Å². The van der Waals surface area contributed by atoms with E-state index in [-0.39, 0.29) is 5.91 Å². The van der Waals surface area contributed by atoms with Crippen LogP contribution in [0.4, 0.5) is 0 Å². The highest BCUT2D eigenvalue weighted by Crippen LogP contribution is 2.13. The molecule has 1 aliphatic heterocycles. The van der Waals surface area contributed by atoms with E-state index in [4.69, 9.17) is 0 Å². The van der Waals surface area contributed by atoms with Crippen molar-refractivity contribution in [2.45, 2.75) is 12.8 Å². The summed E-state index contributed by atoms with van der Waals surface area (Å²) >= 11 is 0. The van der Waals surface area contributed by atoms with Gasteiger partial charge in [-0.1, -0.05) is 30.3 Å². The van der Waals surface area contributed by atoms with Gasteiger partial charge in [-0.25, -0.2) is 4.99 Å². The van der Waals surface area contributed by atoms with Crippen LogP contribution < -0.4 is 5.32 Å². The molecule has 0 radical (unpaired) electrons. The number of rotatable bonds is 4. The Balaban J connectivity index is 1.69. The molecule has 0 saturated carbocycles. The molecule has 1 N–H and O–H groups in total. The molecule has 0 spiro atoms. The van der Waals surface area contributed by atoms with Crippen LogP contribution in [0, 0.1) is 0 Å². The number of hydrogen-bond acceptors (Lipinski definition) is 3. The summed E-state index contributed by atoms with van der Waals surface area (Å²) in [4.78, 5) is 20.2. The van der Waals surface area contributed by atoms with Crippen molar-refractivity contribution in [2.24, 2.45) is 4.99 Å². The number of hydrogen-bond donors (Lipinski definition) is 1. The Labute approximate surface area is 123 Å². The largest absolute Gasteiger partial charge is 0.309 e. The van der Waals surface area contributed by atoms with Gasteiger partial charge in [-0.15, -0.1) is 0 Å². The van der Waals surface area contributed by atoms with E-state index in [0.29, 0.717) is 5.70 Å². The van der Waals surface area contributed by atoms with Crippen LogP contribution in [-0.4, -0.2) is 16.7 Å². The van der Waals surface area contributed by atoms with Crippen LogP contribution in [-0.2, 0) is 11.2 Å². The molecule has 1 aliphatic rings. The molecule has 2 aromatic rings. The standard InChI is InChI=1S/C17H15N3O/c21-17-15(12-14-8-10-18-11-9-14)19-16(20-17)7-6-13-4-2-1-3-5-13/h1-5,8-12H,6-7H2,(H,19,20,21)/b15-12+. The summed E-state index contributed by atoms with van der Waals surface area (Å²) in [5, 5.41) is 2.82. The Bertz CT molecular complexity index is 690. The van der Waals surface area contributed by atoms with Crippen molar-refractivity contribution in [3.8, 4) is 0 Å². The van der Waals surface area contributed by atoms with E-state index in [0.717, 1.165) is 24.2 Å². The number of carbonyl (C=O) groups excluding carboxylic acids is 1. The fourth-order valence-electron chi connectivity index (χ4n) is 2.16. The quantitative estimate of drug-likeness (QED) is 0.873. The minimum absolute atomic E-state index is 0.144. The number of nitrogens with zero attached hydrogens (tertiary/aromatic N) is 2. The lowest BCUT2D eigenvalue weighted by Crippen LogP contribution is -2.24. The van der Waals surface area contributed by atoms with Crippen molar-refractivity contribution in [3.63, 3.8) is 0 Å². The molecule has 0 fully saturated rings. The minimum atomic E-state index is -0.144. The van der Waals surface area contributed by atoms with Crippen LogP contribution >= 0.6 is 0 Å². The van der Waals surface area contributed by atoms with Crippen LogP contribution in [0.15, 0.2) is 65.5 Å². The zero-order valence-corrected chi connectivity index (χ0v) is 11.5. The number of aryl methyl sites for hydroxylation is 1. The average molecular weight is 277 g/mol. The molecule has 1 amide bonds. The van der Waals surface area contributed by atoms with Gasteiger partial charge in [0.1, 0.15) is 11.5 Å². The Morgan fingerprint density at radius 1 is 1.00 bits per heavy atom. The maximum absolute atomic E-state index is 11.9. The molecule has 1 aromatic carbocycles. The van der Waals surface area contributed by atoms with E-state index in [1.165, 1.54) is 5.56 Å². The third-order valence-corrected chi connectivity index (χ3v) is 3.25. The smallest absolute Gasteiger partial charge is 0.275 e. The van der Waals surface area contributed by atoms with Gasteiger partial charge in [0.2, 0.25) is 0 Å². The highest BCUT2D eigenvalue weighted by molar-refractivity contribution is 6.14. The molecule has 1 aromatic heterocycles. The number of carbonyl (C=O) groups is 1. The van der Waals surface area contributed by atoms with Crippen molar-refractivity contribution < 1.29 is 4.79 Å². The molecule has 3 rings (SSSR count). The van der Waals surface area contributed by atoms with E-state index < -0.39 is 0 Å². The Morgan fingerprint density at radius 3 is 2.52 bits per heavy atom. The van der Waals surface area contributed by atoms with Crippen LogP contribution in [0.3, 0.4) is 0 Å². The van der Waals surface area contributed by atoms with E-state index >= 15 is 0 Å². The van der Waals surface area contributed by atoms with Gasteiger partial charge in [0.25, 0.3) is 5.91 Å². The highest BCUT2D eigenvalue weighted by atomic mass is 16.2. The van der Waals surface area contributed by atoms with E-state index in [9.17, 15) is 4.79 Å². The number of amides is 1. The molecule has 0 saturated heterocycles. The molecular formula is C17H15N3O. The van der Waals surface area contributed by atoms with Gasteiger partial charge in [0.05, 0.1) is 0 Å². The van der Waals surface area contributed by atoms with Crippen molar-refractivity contribution in [1.29, 1.82) is 0 Å². The second-order valence-electron chi connectivity index (χ2n) is 4.81. The Hall–Kier alpha value is -2.75. The molecule has 4 heteroatoms. The number of amidine groups is 1. The fraction of sp³-hybridized carbons (Fsp3) is 0.118. The second-order valence-corrected chi connectivity index (χ2v) is 4.81. The molecule has 4 nitrogen and oxygen atoms in total. The fourth-order valence-corrected chi connectivity index (χ4v) is 2.16. The third-order valence-electron chi connectivity index (χ3n) is 3.25. The maximum Gasteiger partial charge on any atom is 0.275 e.